The molecule has 4 aromatic rings. The highest BCUT2D eigenvalue weighted by Gasteiger charge is 2.65. The molecule has 358 valence electrons. The summed E-state index contributed by atoms with van der Waals surface area (Å²) in [6.07, 6.45) is 2.36. The molecule has 1 unspecified atom stereocenters. The van der Waals surface area contributed by atoms with Crippen LogP contribution in [0.3, 0.4) is 0 Å². The topological polar surface area (TPSA) is 184 Å². The van der Waals surface area contributed by atoms with Crippen LogP contribution >= 0.6 is 30.3 Å². The number of fused-ring (bicyclic) bond motifs is 3. The number of ether oxygens (including phenoxy) is 4. The molecule has 0 bridgehead atoms. The molecule has 2 aliphatic carbocycles. The maximum atomic E-state index is 15.1. The summed E-state index contributed by atoms with van der Waals surface area (Å²) in [7, 11) is -3.12. The molecule has 0 spiro atoms. The molecule has 67 heavy (non-hydrogen) atoms. The molecule has 4 heterocycles. The van der Waals surface area contributed by atoms with Crippen molar-refractivity contribution < 1.29 is 56.4 Å². The average Bonchev–Trinajstić information content (AvgIpc) is 3.69. The minimum Gasteiger partial charge on any atom is -0.495 e. The van der Waals surface area contributed by atoms with Crippen molar-refractivity contribution in [2.45, 2.75) is 127 Å². The first-order chi connectivity index (χ1) is 32.0. The lowest BCUT2D eigenvalue weighted by atomic mass is 9.96. The second kappa shape index (κ2) is 19.9. The standard InChI is InChI=1S/C48H54ClF2N4O10PS/c1-26(2)52-47-54-37(25-67-47)36-20-41(31-16-17-40(62-4)44(49)45(31)53-36)64-30-18-38-39(56)22-48(66(60,61)24-33-34(50)13-9-14-35(33)51)21-28(48)10-5-8-15-42(57)63-27(3)32(46(59)55(38)23-30)19-43(58)65-29-11-6-7-12-29/h5,9-10,13-14,16-17,20,25-30,32,38H,6-8,11-12,15,18-19,21-24H2,1-4H3,(H,52,54)(H,60,61)/b10-5-/t27-,28+,30+,32-,38-,48+/m0/s1. The molecule has 19 heteroatoms. The van der Waals surface area contributed by atoms with Gasteiger partial charge in [0.15, 0.2) is 10.9 Å². The Kier molecular flexibility index (Phi) is 14.4. The molecule has 1 saturated heterocycles. The predicted molar refractivity (Wildman–Crippen MR) is 248 cm³/mol. The summed E-state index contributed by atoms with van der Waals surface area (Å²) < 4.78 is 68.5. The summed E-state index contributed by atoms with van der Waals surface area (Å²) in [6.45, 7) is 5.33. The van der Waals surface area contributed by atoms with E-state index in [2.05, 4.69) is 5.32 Å². The molecule has 2 N–H and O–H groups in total. The Bertz CT molecular complexity index is 2620. The van der Waals surface area contributed by atoms with E-state index < -0.39 is 102 Å². The normalized spacial score (nSPS) is 26.3. The summed E-state index contributed by atoms with van der Waals surface area (Å²) in [5.41, 5.74) is 0.724. The van der Waals surface area contributed by atoms with Crippen LogP contribution in [-0.4, -0.2) is 92.6 Å². The number of benzene rings is 2. The minimum absolute atomic E-state index is 0.0395. The van der Waals surface area contributed by atoms with Crippen LogP contribution in [0.4, 0.5) is 13.9 Å². The van der Waals surface area contributed by atoms with Crippen LogP contribution in [0.25, 0.3) is 22.3 Å². The molecule has 3 fully saturated rings. The van der Waals surface area contributed by atoms with Crippen molar-refractivity contribution in [2.75, 3.05) is 19.0 Å². The van der Waals surface area contributed by atoms with Crippen LogP contribution in [0, 0.1) is 23.5 Å². The number of carbonyl (C=O) groups excluding carboxylic acids is 4. The van der Waals surface area contributed by atoms with Crippen molar-refractivity contribution in [1.29, 1.82) is 0 Å². The molecule has 14 nitrogen and oxygen atoms in total. The third-order valence-corrected chi connectivity index (χ3v) is 17.2. The van der Waals surface area contributed by atoms with Gasteiger partial charge in [-0.05, 0) is 89.5 Å². The van der Waals surface area contributed by atoms with Gasteiger partial charge in [-0.1, -0.05) is 29.8 Å². The van der Waals surface area contributed by atoms with Gasteiger partial charge >= 0.3 is 11.9 Å². The van der Waals surface area contributed by atoms with E-state index in [1.54, 1.807) is 30.4 Å². The van der Waals surface area contributed by atoms with Crippen molar-refractivity contribution in [3.63, 3.8) is 0 Å². The van der Waals surface area contributed by atoms with Crippen LogP contribution in [0.15, 0.2) is 53.9 Å². The van der Waals surface area contributed by atoms with E-state index in [-0.39, 0.29) is 49.4 Å². The molecule has 2 aromatic carbocycles. The third-order valence-electron chi connectivity index (χ3n) is 13.2. The van der Waals surface area contributed by atoms with Crippen molar-refractivity contribution >= 4 is 70.0 Å². The summed E-state index contributed by atoms with van der Waals surface area (Å²) in [5, 5.41) is 4.87. The van der Waals surface area contributed by atoms with Gasteiger partial charge in [0.2, 0.25) is 13.3 Å². The number of anilines is 1. The number of hydrogen-bond acceptors (Lipinski definition) is 13. The van der Waals surface area contributed by atoms with Gasteiger partial charge in [0.25, 0.3) is 0 Å². The highest BCUT2D eigenvalue weighted by Crippen LogP contribution is 2.74. The molecule has 2 saturated carbocycles. The number of aromatic nitrogens is 2. The van der Waals surface area contributed by atoms with Gasteiger partial charge in [-0.25, -0.2) is 18.7 Å². The molecule has 8 rings (SSSR count). The molecule has 7 atom stereocenters. The van der Waals surface area contributed by atoms with Crippen molar-refractivity contribution in [3.8, 4) is 22.9 Å². The lowest BCUT2D eigenvalue weighted by Crippen LogP contribution is -2.48. The summed E-state index contributed by atoms with van der Waals surface area (Å²) in [4.78, 5) is 79.7. The fourth-order valence-electron chi connectivity index (χ4n) is 9.58. The van der Waals surface area contributed by atoms with E-state index in [0.29, 0.717) is 51.8 Å². The molecular formula is C48H54ClF2N4O10PS. The van der Waals surface area contributed by atoms with Gasteiger partial charge in [-0.15, -0.1) is 11.3 Å². The fraction of sp³-hybridized carbons (Fsp3) is 0.500. The maximum Gasteiger partial charge on any atom is 0.307 e. The molecule has 2 aromatic heterocycles. The molecular weight excluding hydrogens is 929 g/mol. The van der Waals surface area contributed by atoms with E-state index in [1.807, 2.05) is 19.2 Å². The fourth-order valence-corrected chi connectivity index (χ4v) is 13.3. The monoisotopic (exact) mass is 982 g/mol. The summed E-state index contributed by atoms with van der Waals surface area (Å²) >= 11 is 8.26. The smallest absolute Gasteiger partial charge is 0.307 e. The molecule has 2 aliphatic heterocycles. The number of pyridine rings is 1. The Balaban J connectivity index is 1.18. The minimum atomic E-state index is -4.60. The summed E-state index contributed by atoms with van der Waals surface area (Å²) in [6, 6.07) is 7.11. The number of amides is 1. The quantitative estimate of drug-likeness (QED) is 0.0779. The SMILES string of the molecule is COc1ccc2c(O[C@@H]3C[C@H]4C(=O)C[C@]5(P(=O)(O)Cc6c(F)cccc6F)C[C@H]5/C=C\CCC(=O)O[C@@H](C)[C@H](CC(=O)OC5CCCC5)C(=O)N4C3)cc(-c3csc(NC(C)C)n3)nc2c1Cl. The predicted octanol–water partition coefficient (Wildman–Crippen LogP) is 9.43. The number of nitrogens with zero attached hydrogens (tertiary/aromatic N) is 3. The number of allylic oxidation sites excluding steroid dienone is 2. The van der Waals surface area contributed by atoms with Gasteiger partial charge in [-0.2, -0.15) is 0 Å². The number of esters is 2. The number of methoxy groups -OCH3 is 1. The van der Waals surface area contributed by atoms with Crippen LogP contribution < -0.4 is 14.8 Å². The Morgan fingerprint density at radius 1 is 1.09 bits per heavy atom. The van der Waals surface area contributed by atoms with E-state index in [0.717, 1.165) is 31.0 Å². The van der Waals surface area contributed by atoms with Gasteiger partial charge < -0.3 is 34.1 Å². The van der Waals surface area contributed by atoms with Gasteiger partial charge in [0.05, 0.1) is 54.6 Å². The van der Waals surface area contributed by atoms with E-state index in [9.17, 15) is 19.0 Å². The zero-order valence-corrected chi connectivity index (χ0v) is 40.1. The zero-order valence-electron chi connectivity index (χ0n) is 37.7. The van der Waals surface area contributed by atoms with E-state index in [4.69, 9.17) is 40.5 Å². The van der Waals surface area contributed by atoms with Gasteiger partial charge in [-0.3, -0.25) is 23.7 Å². The number of carbonyl (C=O) groups is 4. The third kappa shape index (κ3) is 10.4. The largest absolute Gasteiger partial charge is 0.495 e. The highest BCUT2D eigenvalue weighted by molar-refractivity contribution is 7.59. The first-order valence-electron chi connectivity index (χ1n) is 22.7. The maximum absolute atomic E-state index is 15.1. The summed E-state index contributed by atoms with van der Waals surface area (Å²) in [5.74, 6) is -5.81. The number of rotatable bonds is 12. The van der Waals surface area contributed by atoms with Gasteiger partial charge in [0.1, 0.15) is 52.2 Å². The van der Waals surface area contributed by atoms with Crippen LogP contribution in [0.1, 0.15) is 90.5 Å². The number of halogens is 3. The average molecular weight is 983 g/mol. The van der Waals surface area contributed by atoms with Crippen LogP contribution in [-0.2, 0) is 39.4 Å². The first kappa shape index (κ1) is 48.5. The van der Waals surface area contributed by atoms with Gasteiger partial charge in [0, 0.05) is 47.7 Å². The second-order valence-corrected chi connectivity index (χ2v) is 22.1. The zero-order chi connectivity index (χ0) is 47.8. The number of nitrogens with one attached hydrogen (secondary N) is 1. The van der Waals surface area contributed by atoms with E-state index >= 15 is 18.4 Å². The van der Waals surface area contributed by atoms with E-state index in [1.165, 1.54) is 30.3 Å². The highest BCUT2D eigenvalue weighted by atomic mass is 35.5. The van der Waals surface area contributed by atoms with Crippen molar-refractivity contribution in [1.82, 2.24) is 14.9 Å². The first-order valence-corrected chi connectivity index (χ1v) is 25.8. The Labute approximate surface area is 396 Å². The number of ketones is 1. The van der Waals surface area contributed by atoms with Crippen LogP contribution in [0.5, 0.6) is 11.5 Å². The molecule has 1 amide bonds. The van der Waals surface area contributed by atoms with Crippen LogP contribution in [0.2, 0.25) is 5.02 Å². The second-order valence-electron chi connectivity index (χ2n) is 18.3. The number of thiazole rings is 1. The Morgan fingerprint density at radius 2 is 1.84 bits per heavy atom. The lowest BCUT2D eigenvalue weighted by Gasteiger charge is -2.32. The van der Waals surface area contributed by atoms with Crippen molar-refractivity contribution in [3.05, 3.63) is 76.2 Å². The number of hydrogen-bond donors (Lipinski definition) is 2. The number of Topliss-reactive ketones (excluding diaryl/α,β-unsaturated/α-hetero) is 1. The Morgan fingerprint density at radius 3 is 2.55 bits per heavy atom. The lowest BCUT2D eigenvalue weighted by molar-refractivity contribution is -0.163. The van der Waals surface area contributed by atoms with Crippen molar-refractivity contribution in [2.24, 2.45) is 11.8 Å². The Hall–Kier alpha value is -4.96. The molecule has 4 aliphatic rings. The number of cyclic esters (lactones) is 1. The molecule has 0 radical (unpaired) electrons.